The Hall–Kier alpha value is -8.20. The molecule has 0 aliphatic carbocycles. The van der Waals surface area contributed by atoms with Crippen LogP contribution in [0.3, 0.4) is 0 Å². The van der Waals surface area contributed by atoms with E-state index in [1.807, 2.05) is 6.07 Å². The predicted molar refractivity (Wildman–Crippen MR) is 377 cm³/mol. The monoisotopic (exact) mass is 1160 g/mol. The number of hydrogen-bond donors (Lipinski definition) is 0. The van der Waals surface area contributed by atoms with Crippen molar-refractivity contribution in [3.63, 3.8) is 0 Å². The van der Waals surface area contributed by atoms with E-state index < -0.39 is 31.7 Å². The third kappa shape index (κ3) is 18.4. The van der Waals surface area contributed by atoms with Crippen LogP contribution in [0, 0.1) is 0 Å². The average molecular weight is 1160 g/mol. The normalized spacial score (nSPS) is 10.5. The molecule has 0 nitrogen and oxygen atoms in total. The molecule has 0 saturated heterocycles. The fourth-order valence-electron chi connectivity index (χ4n) is 9.25. The van der Waals surface area contributed by atoms with Gasteiger partial charge < -0.3 is 0 Å². The first-order chi connectivity index (χ1) is 41.2. The summed E-state index contributed by atoms with van der Waals surface area (Å²) in [6.07, 6.45) is 0. The fraction of sp³-hybridized carbons (Fsp3) is 0. The van der Waals surface area contributed by atoms with Crippen molar-refractivity contribution in [1.29, 1.82) is 0 Å². The van der Waals surface area contributed by atoms with Crippen LogP contribution in [0.25, 0.3) is 0 Å². The van der Waals surface area contributed by atoms with Crippen LogP contribution in [-0.4, -0.2) is 10.2 Å². The maximum Gasteiger partial charge on any atom is 0.0384 e. The first-order valence-electron chi connectivity index (χ1n) is 28.0. The Morgan fingerprint density at radius 3 is 0.277 bits per heavy atom. The third-order valence-corrected chi connectivity index (χ3v) is 23.6. The topological polar surface area (TPSA) is 0 Å². The van der Waals surface area contributed by atoms with E-state index in [0.717, 1.165) is 0 Å². The highest BCUT2D eigenvalue weighted by molar-refractivity contribution is 7.81. The van der Waals surface area contributed by atoms with E-state index in [-0.39, 0.29) is 0 Å². The summed E-state index contributed by atoms with van der Waals surface area (Å²) >= 11 is 0. The molecule has 0 unspecified atom stereocenters. The van der Waals surface area contributed by atoms with E-state index in [9.17, 15) is 0 Å². The van der Waals surface area contributed by atoms with E-state index in [1.165, 1.54) is 79.1 Å². The molecule has 5 heteroatoms. The van der Waals surface area contributed by atoms with Gasteiger partial charge in [-0.3, -0.25) is 0 Å². The second-order valence-electron chi connectivity index (χ2n) is 19.0. The molecule has 0 saturated carbocycles. The SMILES string of the molecule is [SiH3]c1ccccc1.c1ccc(P(c2ccccc2)c2ccccc2)cc1.c1ccc(P(c2ccccc2)c2ccccc2)cc1.c1ccc(P(c2ccccc2)c2ccccc2)cc1.c1ccc(P(c2ccccc2)c2ccccc2)cc1. The van der Waals surface area contributed by atoms with E-state index >= 15 is 0 Å². The molecule has 13 rings (SSSR count). The van der Waals surface area contributed by atoms with E-state index in [4.69, 9.17) is 0 Å². The summed E-state index contributed by atoms with van der Waals surface area (Å²) in [6, 6.07) is 140. The standard InChI is InChI=1S/4C18H15P.C6H8Si/c4*1-4-10-16(11-5-1)19(17-12-6-2-7-13-17)18-14-8-3-9-15-18;7-6-4-2-1-3-5-6/h4*1-15H;1-5H,7H3. The maximum absolute atomic E-state index is 2.23. The van der Waals surface area contributed by atoms with Crippen molar-refractivity contribution in [3.05, 3.63) is 394 Å². The summed E-state index contributed by atoms with van der Waals surface area (Å²) in [7, 11) is -0.610. The molecule has 0 aliphatic rings. The Morgan fingerprint density at radius 2 is 0.205 bits per heavy atom. The molecule has 0 amide bonds. The molecule has 0 fully saturated rings. The highest BCUT2D eigenvalue weighted by atomic mass is 31.1. The summed E-state index contributed by atoms with van der Waals surface area (Å²) in [5, 5.41) is 18.2. The molecule has 13 aromatic carbocycles. The molecule has 0 aliphatic heterocycles. The van der Waals surface area contributed by atoms with Gasteiger partial charge in [0.1, 0.15) is 0 Å². The quantitative estimate of drug-likeness (QED) is 0.0845. The van der Waals surface area contributed by atoms with Crippen LogP contribution < -0.4 is 68.8 Å². The van der Waals surface area contributed by atoms with Gasteiger partial charge in [-0.2, -0.15) is 0 Å². The Kier molecular flexibility index (Phi) is 24.1. The molecule has 0 N–H and O–H groups in total. The lowest BCUT2D eigenvalue weighted by molar-refractivity contribution is 1.74. The van der Waals surface area contributed by atoms with E-state index in [1.54, 1.807) is 0 Å². The fourth-order valence-corrected chi connectivity index (χ4v) is 18.9. The van der Waals surface area contributed by atoms with Gasteiger partial charge in [-0.1, -0.05) is 400 Å². The van der Waals surface area contributed by atoms with Gasteiger partial charge in [0.25, 0.3) is 0 Å². The first kappa shape index (κ1) is 59.4. The summed E-state index contributed by atoms with van der Waals surface area (Å²) in [4.78, 5) is 0. The van der Waals surface area contributed by atoms with Crippen LogP contribution in [0.15, 0.2) is 394 Å². The highest BCUT2D eigenvalue weighted by Crippen LogP contribution is 2.35. The van der Waals surface area contributed by atoms with Crippen LogP contribution in [0.1, 0.15) is 0 Å². The largest absolute Gasteiger partial charge is 0.0708 e. The molecule has 0 heterocycles. The molecule has 0 spiro atoms. The van der Waals surface area contributed by atoms with Crippen molar-refractivity contribution in [2.75, 3.05) is 0 Å². The van der Waals surface area contributed by atoms with Gasteiger partial charge >= 0.3 is 0 Å². The van der Waals surface area contributed by atoms with Crippen LogP contribution in [0.5, 0.6) is 0 Å². The van der Waals surface area contributed by atoms with Crippen molar-refractivity contribution >= 4 is 111 Å². The zero-order valence-electron chi connectivity index (χ0n) is 46.8. The lowest BCUT2D eigenvalue weighted by Gasteiger charge is -2.18. The highest BCUT2D eigenvalue weighted by Gasteiger charge is 2.18. The molecule has 0 atom stereocenters. The van der Waals surface area contributed by atoms with Crippen LogP contribution >= 0.6 is 31.7 Å². The van der Waals surface area contributed by atoms with Crippen LogP contribution in [0.4, 0.5) is 0 Å². The molecule has 13 aromatic rings. The van der Waals surface area contributed by atoms with E-state index in [2.05, 4.69) is 388 Å². The zero-order valence-corrected chi connectivity index (χ0v) is 52.4. The van der Waals surface area contributed by atoms with Crippen molar-refractivity contribution in [2.45, 2.75) is 0 Å². The number of rotatable bonds is 12. The van der Waals surface area contributed by atoms with Crippen molar-refractivity contribution in [2.24, 2.45) is 0 Å². The zero-order chi connectivity index (χ0) is 56.8. The van der Waals surface area contributed by atoms with Crippen molar-refractivity contribution in [3.8, 4) is 0 Å². The van der Waals surface area contributed by atoms with Gasteiger partial charge in [-0.05, 0) is 95.3 Å². The second-order valence-corrected chi connectivity index (χ2v) is 29.1. The van der Waals surface area contributed by atoms with Crippen LogP contribution in [0.2, 0.25) is 0 Å². The Morgan fingerprint density at radius 1 is 0.120 bits per heavy atom. The second kappa shape index (κ2) is 33.7. The lowest BCUT2D eigenvalue weighted by atomic mass is 10.4. The van der Waals surface area contributed by atoms with E-state index in [0.29, 0.717) is 0 Å². The summed E-state index contributed by atoms with van der Waals surface area (Å²) in [6.45, 7) is 0. The molecule has 404 valence electrons. The lowest BCUT2D eigenvalue weighted by Crippen LogP contribution is -2.20. The van der Waals surface area contributed by atoms with Gasteiger partial charge in [0, 0.05) is 10.2 Å². The van der Waals surface area contributed by atoms with Gasteiger partial charge in [0.15, 0.2) is 0 Å². The third-order valence-electron chi connectivity index (χ3n) is 13.1. The Balaban J connectivity index is 0.000000128. The summed E-state index contributed by atoms with van der Waals surface area (Å²) < 4.78 is 0. The molecular weight excluding hydrogens is 1090 g/mol. The Bertz CT molecular complexity index is 2900. The molecular formula is C78H68P4Si. The molecule has 0 bridgehead atoms. The van der Waals surface area contributed by atoms with Crippen molar-refractivity contribution < 1.29 is 0 Å². The Labute approximate surface area is 501 Å². The predicted octanol–water partition coefficient (Wildman–Crippen LogP) is 13.5. The smallest absolute Gasteiger partial charge is 0.0384 e. The first-order valence-corrected chi connectivity index (χ1v) is 34.4. The minimum Gasteiger partial charge on any atom is -0.0708 e. The minimum atomic E-state index is -0.446. The van der Waals surface area contributed by atoms with Gasteiger partial charge in [-0.15, -0.1) is 0 Å². The number of benzene rings is 13. The molecule has 0 radical (unpaired) electrons. The maximum atomic E-state index is 2.23. The van der Waals surface area contributed by atoms with Gasteiger partial charge in [0.05, 0.1) is 0 Å². The summed E-state index contributed by atoms with van der Waals surface area (Å²) in [5.41, 5.74) is 0. The summed E-state index contributed by atoms with van der Waals surface area (Å²) in [5.74, 6) is 0. The number of hydrogen-bond acceptors (Lipinski definition) is 0. The van der Waals surface area contributed by atoms with Crippen molar-refractivity contribution in [1.82, 2.24) is 0 Å². The molecule has 83 heavy (non-hydrogen) atoms. The average Bonchev–Trinajstić information content (AvgIpc) is 3.68. The molecule has 0 aromatic heterocycles. The van der Waals surface area contributed by atoms with Crippen LogP contribution in [-0.2, 0) is 0 Å². The van der Waals surface area contributed by atoms with Gasteiger partial charge in [0.2, 0.25) is 0 Å². The van der Waals surface area contributed by atoms with Gasteiger partial charge in [-0.25, -0.2) is 0 Å². The minimum absolute atomic E-state index is 0.446.